The summed E-state index contributed by atoms with van der Waals surface area (Å²) in [5.41, 5.74) is -1.45. The van der Waals surface area contributed by atoms with Gasteiger partial charge in [0.25, 0.3) is 11.8 Å². The number of hydrogen-bond donors (Lipinski definition) is 3. The minimum Gasteiger partial charge on any atom is -0.451 e. The van der Waals surface area contributed by atoms with Gasteiger partial charge in [0.05, 0.1) is 0 Å². The predicted molar refractivity (Wildman–Crippen MR) is 93.4 cm³/mol. The van der Waals surface area contributed by atoms with Crippen LogP contribution in [0.4, 0.5) is 9.59 Å². The van der Waals surface area contributed by atoms with E-state index in [1.165, 1.54) is 6.92 Å². The lowest BCUT2D eigenvalue weighted by Crippen LogP contribution is -2.51. The number of carbonyl (C=O) groups is 5. The zero-order valence-corrected chi connectivity index (χ0v) is 16.0. The molecule has 0 aromatic carbocycles. The van der Waals surface area contributed by atoms with Gasteiger partial charge in [0.1, 0.15) is 12.1 Å². The highest BCUT2D eigenvalue weighted by Gasteiger charge is 2.52. The van der Waals surface area contributed by atoms with Gasteiger partial charge in [0.2, 0.25) is 0 Å². The standard InChI is InChI=1S/C17H26N4O6/c1-10(12(23)18-14(25)19-16(2,3)4)27-11(22)9-21-13(24)17(20-15(21)26)7-5-6-8-17/h10H,5-9H2,1-4H3,(H,20,26)(H2,18,19,23,25)/t10-/m0/s1. The van der Waals surface area contributed by atoms with Crippen LogP contribution in [0.15, 0.2) is 0 Å². The first-order chi connectivity index (χ1) is 12.4. The summed E-state index contributed by atoms with van der Waals surface area (Å²) in [6, 6.07) is -1.35. The van der Waals surface area contributed by atoms with Gasteiger partial charge in [-0.1, -0.05) is 12.8 Å². The average molecular weight is 382 g/mol. The van der Waals surface area contributed by atoms with Crippen molar-refractivity contribution in [1.82, 2.24) is 20.9 Å². The van der Waals surface area contributed by atoms with E-state index in [1.807, 2.05) is 0 Å². The van der Waals surface area contributed by atoms with Gasteiger partial charge in [-0.15, -0.1) is 0 Å². The largest absolute Gasteiger partial charge is 0.451 e. The maximum atomic E-state index is 12.5. The third-order valence-electron chi connectivity index (χ3n) is 4.39. The fourth-order valence-corrected chi connectivity index (χ4v) is 3.14. The van der Waals surface area contributed by atoms with E-state index in [0.717, 1.165) is 17.7 Å². The zero-order chi connectivity index (χ0) is 20.4. The number of rotatable bonds is 4. The van der Waals surface area contributed by atoms with Crippen molar-refractivity contribution >= 4 is 29.8 Å². The molecule has 1 heterocycles. The van der Waals surface area contributed by atoms with Gasteiger partial charge in [0.15, 0.2) is 6.10 Å². The first kappa shape index (κ1) is 20.7. The predicted octanol–water partition coefficient (Wildman–Crippen LogP) is 0.407. The van der Waals surface area contributed by atoms with Crippen LogP contribution in [-0.4, -0.2) is 58.5 Å². The Labute approximate surface area is 157 Å². The molecule has 2 rings (SSSR count). The van der Waals surface area contributed by atoms with Crippen LogP contribution < -0.4 is 16.0 Å². The van der Waals surface area contributed by atoms with Gasteiger partial charge < -0.3 is 15.4 Å². The van der Waals surface area contributed by atoms with Gasteiger partial charge in [-0.25, -0.2) is 9.59 Å². The van der Waals surface area contributed by atoms with Crippen LogP contribution in [0, 0.1) is 0 Å². The van der Waals surface area contributed by atoms with E-state index >= 15 is 0 Å². The summed E-state index contributed by atoms with van der Waals surface area (Å²) in [5.74, 6) is -2.16. The smallest absolute Gasteiger partial charge is 0.327 e. The van der Waals surface area contributed by atoms with Crippen LogP contribution in [0.3, 0.4) is 0 Å². The Kier molecular flexibility index (Phi) is 5.76. The van der Waals surface area contributed by atoms with Crippen LogP contribution in [0.2, 0.25) is 0 Å². The van der Waals surface area contributed by atoms with Gasteiger partial charge >= 0.3 is 18.0 Å². The van der Waals surface area contributed by atoms with Gasteiger partial charge in [0, 0.05) is 5.54 Å². The molecule has 150 valence electrons. The summed E-state index contributed by atoms with van der Waals surface area (Å²) in [6.45, 7) is 5.95. The van der Waals surface area contributed by atoms with Gasteiger partial charge in [-0.3, -0.25) is 24.6 Å². The summed E-state index contributed by atoms with van der Waals surface area (Å²) in [6.07, 6.45) is 1.50. The van der Waals surface area contributed by atoms with E-state index in [-0.39, 0.29) is 0 Å². The maximum Gasteiger partial charge on any atom is 0.327 e. The van der Waals surface area contributed by atoms with Gasteiger partial charge in [-0.05, 0) is 40.5 Å². The second-order valence-electron chi connectivity index (χ2n) is 7.94. The molecule has 0 aromatic rings. The number of carbonyl (C=O) groups excluding carboxylic acids is 5. The topological polar surface area (TPSA) is 134 Å². The number of nitrogens with one attached hydrogen (secondary N) is 3. The fourth-order valence-electron chi connectivity index (χ4n) is 3.14. The summed E-state index contributed by atoms with van der Waals surface area (Å²) in [5, 5.41) is 7.26. The highest BCUT2D eigenvalue weighted by atomic mass is 16.5. The monoisotopic (exact) mass is 382 g/mol. The molecule has 0 aromatic heterocycles. The van der Waals surface area contributed by atoms with Crippen molar-refractivity contribution in [3.63, 3.8) is 0 Å². The van der Waals surface area contributed by atoms with Crippen molar-refractivity contribution in [1.29, 1.82) is 0 Å². The van der Waals surface area contributed by atoms with Crippen molar-refractivity contribution in [2.45, 2.75) is 70.6 Å². The summed E-state index contributed by atoms with van der Waals surface area (Å²) >= 11 is 0. The van der Waals surface area contributed by atoms with Crippen molar-refractivity contribution in [2.75, 3.05) is 6.54 Å². The Hall–Kier alpha value is -2.65. The number of esters is 1. The van der Waals surface area contributed by atoms with E-state index in [2.05, 4.69) is 16.0 Å². The quantitative estimate of drug-likeness (QED) is 0.476. The Balaban J connectivity index is 1.86. The Morgan fingerprint density at radius 1 is 1.22 bits per heavy atom. The van der Waals surface area contributed by atoms with Crippen molar-refractivity contribution in [3.05, 3.63) is 0 Å². The lowest BCUT2D eigenvalue weighted by Gasteiger charge is -2.21. The molecule has 1 atom stereocenters. The molecule has 10 nitrogen and oxygen atoms in total. The number of urea groups is 2. The number of hydrogen-bond acceptors (Lipinski definition) is 6. The van der Waals surface area contributed by atoms with Crippen molar-refractivity contribution in [2.24, 2.45) is 0 Å². The van der Waals surface area contributed by atoms with E-state index in [4.69, 9.17) is 4.74 Å². The molecule has 1 aliphatic heterocycles. The lowest BCUT2D eigenvalue weighted by molar-refractivity contribution is -0.156. The SMILES string of the molecule is C[C@H](OC(=O)CN1C(=O)NC2(CCCC2)C1=O)C(=O)NC(=O)NC(C)(C)C. The van der Waals surface area contributed by atoms with Crippen LogP contribution in [-0.2, 0) is 19.1 Å². The molecule has 2 fully saturated rings. The maximum absolute atomic E-state index is 12.5. The molecule has 2 aliphatic rings. The lowest BCUT2D eigenvalue weighted by atomic mass is 9.98. The highest BCUT2D eigenvalue weighted by molar-refractivity contribution is 6.09. The van der Waals surface area contributed by atoms with E-state index in [1.54, 1.807) is 20.8 Å². The van der Waals surface area contributed by atoms with Crippen LogP contribution in [0.25, 0.3) is 0 Å². The molecule has 1 saturated carbocycles. The van der Waals surface area contributed by atoms with Gasteiger partial charge in [-0.2, -0.15) is 0 Å². The third kappa shape index (κ3) is 4.95. The molecular weight excluding hydrogens is 356 g/mol. The first-order valence-corrected chi connectivity index (χ1v) is 8.90. The van der Waals surface area contributed by atoms with E-state index in [9.17, 15) is 24.0 Å². The summed E-state index contributed by atoms with van der Waals surface area (Å²) < 4.78 is 4.95. The second-order valence-corrected chi connectivity index (χ2v) is 7.94. The van der Waals surface area contributed by atoms with Crippen LogP contribution in [0.5, 0.6) is 0 Å². The number of imide groups is 2. The number of amides is 6. The molecule has 1 saturated heterocycles. The summed E-state index contributed by atoms with van der Waals surface area (Å²) in [7, 11) is 0. The molecule has 0 bridgehead atoms. The van der Waals surface area contributed by atoms with E-state index in [0.29, 0.717) is 12.8 Å². The average Bonchev–Trinajstić information content (AvgIpc) is 3.06. The molecule has 10 heteroatoms. The van der Waals surface area contributed by atoms with Crippen LogP contribution >= 0.6 is 0 Å². The third-order valence-corrected chi connectivity index (χ3v) is 4.39. The Morgan fingerprint density at radius 3 is 2.37 bits per heavy atom. The van der Waals surface area contributed by atoms with Crippen LogP contribution in [0.1, 0.15) is 53.4 Å². The Bertz CT molecular complexity index is 663. The molecule has 1 spiro atoms. The fraction of sp³-hybridized carbons (Fsp3) is 0.706. The normalized spacial score (nSPS) is 19.6. The van der Waals surface area contributed by atoms with Crippen molar-refractivity contribution < 1.29 is 28.7 Å². The molecule has 6 amide bonds. The minimum absolute atomic E-state index is 0.441. The zero-order valence-electron chi connectivity index (χ0n) is 16.0. The van der Waals surface area contributed by atoms with E-state index < -0.39 is 53.6 Å². The molecule has 1 aliphatic carbocycles. The minimum atomic E-state index is -1.26. The van der Waals surface area contributed by atoms with Crippen molar-refractivity contribution in [3.8, 4) is 0 Å². The molecular formula is C17H26N4O6. The Morgan fingerprint density at radius 2 is 1.81 bits per heavy atom. The summed E-state index contributed by atoms with van der Waals surface area (Å²) in [4.78, 5) is 61.0. The number of ether oxygens (including phenoxy) is 1. The molecule has 0 unspecified atom stereocenters. The second kappa shape index (κ2) is 7.53. The number of nitrogens with zero attached hydrogens (tertiary/aromatic N) is 1. The highest BCUT2D eigenvalue weighted by Crippen LogP contribution is 2.34. The molecule has 27 heavy (non-hydrogen) atoms. The molecule has 0 radical (unpaired) electrons. The molecule has 3 N–H and O–H groups in total. The first-order valence-electron chi connectivity index (χ1n) is 8.90.